The first-order valence-corrected chi connectivity index (χ1v) is 13.7. The number of aromatic nitrogens is 4. The van der Waals surface area contributed by atoms with Gasteiger partial charge in [0.25, 0.3) is 0 Å². The third-order valence-corrected chi connectivity index (χ3v) is 6.70. The minimum absolute atomic E-state index is 0.193. The Labute approximate surface area is 217 Å². The molecule has 3 rings (SSSR count). The fourth-order valence-corrected chi connectivity index (χ4v) is 5.14. The van der Waals surface area contributed by atoms with Crippen molar-refractivity contribution in [3.05, 3.63) is 33.9 Å². The Morgan fingerprint density at radius 2 is 1.49 bits per heavy atom. The zero-order valence-corrected chi connectivity index (χ0v) is 25.4. The predicted molar refractivity (Wildman–Crippen MR) is 152 cm³/mol. The van der Waals surface area contributed by atoms with Gasteiger partial charge in [0.1, 0.15) is 0 Å². The standard InChI is InChI=1S/C15H27N3.C11H21N3.C3H8/c1-11-14(15(3,4)5)12(2)18(16-11)10-13-7-8-17(6)9-13;1-6-11-9(2)12-14(10(11)3)8-7-13(4)5;1-3-2/h13H,7-10H2,1-6H3;6-8H2,1-5H3;3H2,1-2H3. The monoisotopic (exact) mass is 488 g/mol. The van der Waals surface area contributed by atoms with Crippen LogP contribution in [0.4, 0.5) is 0 Å². The number of nitrogens with zero attached hydrogens (tertiary/aromatic N) is 6. The Bertz CT molecular complexity index is 884. The van der Waals surface area contributed by atoms with Gasteiger partial charge in [-0.05, 0) is 85.1 Å². The molecule has 0 aliphatic carbocycles. The van der Waals surface area contributed by atoms with Crippen LogP contribution in [0.3, 0.4) is 0 Å². The van der Waals surface area contributed by atoms with Crippen LogP contribution in [0.15, 0.2) is 0 Å². The summed E-state index contributed by atoms with van der Waals surface area (Å²) in [5, 5.41) is 9.31. The molecular formula is C29H56N6. The lowest BCUT2D eigenvalue weighted by molar-refractivity contribution is 0.367. The maximum atomic E-state index is 4.76. The van der Waals surface area contributed by atoms with Crippen LogP contribution in [-0.4, -0.2) is 70.1 Å². The van der Waals surface area contributed by atoms with Crippen molar-refractivity contribution >= 4 is 0 Å². The third-order valence-electron chi connectivity index (χ3n) is 6.70. The number of likely N-dealkylation sites (tertiary alicyclic amines) is 1. The van der Waals surface area contributed by atoms with E-state index in [4.69, 9.17) is 5.10 Å². The van der Waals surface area contributed by atoms with E-state index in [0.717, 1.165) is 32.0 Å². The molecule has 0 amide bonds. The molecule has 202 valence electrons. The third kappa shape index (κ3) is 9.38. The van der Waals surface area contributed by atoms with Gasteiger partial charge in [-0.25, -0.2) is 0 Å². The molecule has 0 radical (unpaired) electrons. The van der Waals surface area contributed by atoms with Gasteiger partial charge in [0.15, 0.2) is 0 Å². The average Bonchev–Trinajstić information content (AvgIpc) is 3.36. The van der Waals surface area contributed by atoms with Crippen molar-refractivity contribution in [3.8, 4) is 0 Å². The number of rotatable bonds is 6. The Morgan fingerprint density at radius 3 is 1.89 bits per heavy atom. The second-order valence-corrected chi connectivity index (χ2v) is 11.6. The van der Waals surface area contributed by atoms with Crippen LogP contribution in [0.2, 0.25) is 0 Å². The zero-order valence-electron chi connectivity index (χ0n) is 25.4. The fraction of sp³-hybridized carbons (Fsp3) is 0.793. The van der Waals surface area contributed by atoms with E-state index in [1.54, 1.807) is 0 Å². The summed E-state index contributed by atoms with van der Waals surface area (Å²) in [4.78, 5) is 4.60. The average molecular weight is 489 g/mol. The van der Waals surface area contributed by atoms with E-state index in [1.165, 1.54) is 59.8 Å². The largest absolute Gasteiger partial charge is 0.308 e. The lowest BCUT2D eigenvalue weighted by Crippen LogP contribution is -2.19. The number of hydrogen-bond donors (Lipinski definition) is 0. The maximum absolute atomic E-state index is 4.76. The molecule has 0 saturated carbocycles. The number of aryl methyl sites for hydroxylation is 2. The van der Waals surface area contributed by atoms with Crippen LogP contribution >= 0.6 is 0 Å². The van der Waals surface area contributed by atoms with Crippen LogP contribution in [0, 0.1) is 33.6 Å². The minimum Gasteiger partial charge on any atom is -0.308 e. The van der Waals surface area contributed by atoms with E-state index in [2.05, 4.69) is 115 Å². The SMILES string of the molecule is CCC.CCc1c(C)nn(CCN(C)C)c1C.Cc1nn(CC2CCN(C)C2)c(C)c1C(C)(C)C. The van der Waals surface area contributed by atoms with E-state index >= 15 is 0 Å². The van der Waals surface area contributed by atoms with Gasteiger partial charge < -0.3 is 9.80 Å². The summed E-state index contributed by atoms with van der Waals surface area (Å²) in [5.74, 6) is 0.765. The Kier molecular flexibility index (Phi) is 12.7. The van der Waals surface area contributed by atoms with E-state index in [9.17, 15) is 0 Å². The van der Waals surface area contributed by atoms with Gasteiger partial charge in [0, 0.05) is 36.6 Å². The van der Waals surface area contributed by atoms with Crippen LogP contribution in [0.1, 0.15) is 88.3 Å². The number of likely N-dealkylation sites (N-methyl/N-ethyl adjacent to an activating group) is 1. The normalized spacial score (nSPS) is 16.2. The quantitative estimate of drug-likeness (QED) is 0.516. The summed E-state index contributed by atoms with van der Waals surface area (Å²) in [6.45, 7) is 27.4. The highest BCUT2D eigenvalue weighted by Gasteiger charge is 2.26. The van der Waals surface area contributed by atoms with Crippen molar-refractivity contribution in [1.29, 1.82) is 0 Å². The highest BCUT2D eigenvalue weighted by molar-refractivity contribution is 5.31. The Morgan fingerprint density at radius 1 is 0.914 bits per heavy atom. The van der Waals surface area contributed by atoms with E-state index in [0.29, 0.717) is 0 Å². The van der Waals surface area contributed by atoms with Crippen LogP contribution in [-0.2, 0) is 24.9 Å². The van der Waals surface area contributed by atoms with Crippen molar-refractivity contribution in [2.75, 3.05) is 40.8 Å². The van der Waals surface area contributed by atoms with Gasteiger partial charge in [-0.1, -0.05) is 48.0 Å². The minimum atomic E-state index is 0.193. The summed E-state index contributed by atoms with van der Waals surface area (Å²) >= 11 is 0. The van der Waals surface area contributed by atoms with Crippen molar-refractivity contribution in [2.24, 2.45) is 5.92 Å². The van der Waals surface area contributed by atoms with E-state index in [1.807, 2.05) is 0 Å². The topological polar surface area (TPSA) is 42.1 Å². The smallest absolute Gasteiger partial charge is 0.0633 e. The van der Waals surface area contributed by atoms with Gasteiger partial charge in [0.05, 0.1) is 17.9 Å². The molecular weight excluding hydrogens is 432 g/mol. The highest BCUT2D eigenvalue weighted by atomic mass is 15.3. The fourth-order valence-electron chi connectivity index (χ4n) is 5.14. The molecule has 0 aromatic carbocycles. The molecule has 6 nitrogen and oxygen atoms in total. The highest BCUT2D eigenvalue weighted by Crippen LogP contribution is 2.29. The lowest BCUT2D eigenvalue weighted by Gasteiger charge is -2.20. The van der Waals surface area contributed by atoms with Crippen LogP contribution in [0.5, 0.6) is 0 Å². The molecule has 1 aliphatic heterocycles. The molecule has 1 saturated heterocycles. The van der Waals surface area contributed by atoms with Crippen molar-refractivity contribution in [2.45, 2.75) is 107 Å². The summed E-state index contributed by atoms with van der Waals surface area (Å²) in [5.41, 5.74) is 8.09. The van der Waals surface area contributed by atoms with Gasteiger partial charge in [0.2, 0.25) is 0 Å². The first-order valence-electron chi connectivity index (χ1n) is 13.7. The van der Waals surface area contributed by atoms with E-state index in [-0.39, 0.29) is 5.41 Å². The van der Waals surface area contributed by atoms with Gasteiger partial charge in [-0.3, -0.25) is 9.36 Å². The molecule has 35 heavy (non-hydrogen) atoms. The van der Waals surface area contributed by atoms with Crippen molar-refractivity contribution < 1.29 is 0 Å². The van der Waals surface area contributed by atoms with Gasteiger partial charge in [-0.15, -0.1) is 0 Å². The second kappa shape index (κ2) is 14.2. The molecule has 0 spiro atoms. The first-order chi connectivity index (χ1) is 16.3. The lowest BCUT2D eigenvalue weighted by atomic mass is 9.85. The molecule has 1 atom stereocenters. The Balaban J connectivity index is 0.000000323. The summed E-state index contributed by atoms with van der Waals surface area (Å²) in [6.07, 6.45) is 3.64. The molecule has 1 unspecified atom stereocenters. The predicted octanol–water partition coefficient (Wildman–Crippen LogP) is 5.79. The van der Waals surface area contributed by atoms with Crippen molar-refractivity contribution in [3.63, 3.8) is 0 Å². The molecule has 1 fully saturated rings. The van der Waals surface area contributed by atoms with Crippen LogP contribution < -0.4 is 0 Å². The molecule has 6 heteroatoms. The summed E-state index contributed by atoms with van der Waals surface area (Å²) < 4.78 is 4.36. The molecule has 2 aromatic heterocycles. The number of hydrogen-bond acceptors (Lipinski definition) is 4. The van der Waals surface area contributed by atoms with Crippen molar-refractivity contribution in [1.82, 2.24) is 29.4 Å². The maximum Gasteiger partial charge on any atom is 0.0633 e. The van der Waals surface area contributed by atoms with Crippen LogP contribution in [0.25, 0.3) is 0 Å². The second-order valence-electron chi connectivity index (χ2n) is 11.6. The molecule has 0 bridgehead atoms. The molecule has 3 heterocycles. The van der Waals surface area contributed by atoms with E-state index < -0.39 is 0 Å². The summed E-state index contributed by atoms with van der Waals surface area (Å²) in [6, 6.07) is 0. The Hall–Kier alpha value is -1.66. The molecule has 2 aromatic rings. The van der Waals surface area contributed by atoms with Gasteiger partial charge in [-0.2, -0.15) is 10.2 Å². The first kappa shape index (κ1) is 31.4. The van der Waals surface area contributed by atoms with Gasteiger partial charge >= 0.3 is 0 Å². The molecule has 1 aliphatic rings. The zero-order chi connectivity index (χ0) is 26.9. The molecule has 0 N–H and O–H groups in total. The summed E-state index contributed by atoms with van der Waals surface area (Å²) in [7, 11) is 6.39.